The van der Waals surface area contributed by atoms with Crippen LogP contribution in [0.3, 0.4) is 0 Å². The molecule has 88 valence electrons. The molecule has 3 fully saturated rings. The van der Waals surface area contributed by atoms with Gasteiger partial charge in [-0.2, -0.15) is 0 Å². The van der Waals surface area contributed by atoms with Crippen LogP contribution in [0.1, 0.15) is 52.4 Å². The fourth-order valence-corrected chi connectivity index (χ4v) is 4.07. The minimum absolute atomic E-state index is 0.695. The Morgan fingerprint density at radius 1 is 0.933 bits per heavy atom. The zero-order valence-corrected chi connectivity index (χ0v) is 11.0. The number of fused-ring (bicyclic) bond motifs is 3. The van der Waals surface area contributed by atoms with Crippen LogP contribution in [0, 0.1) is 16.7 Å². The molecule has 0 saturated heterocycles. The molecule has 0 amide bonds. The number of nitrogens with zero attached hydrogens (tertiary/aromatic N) is 1. The molecular weight excluding hydrogens is 182 g/mol. The van der Waals surface area contributed by atoms with Gasteiger partial charge in [-0.25, -0.2) is 0 Å². The van der Waals surface area contributed by atoms with Crippen molar-refractivity contribution < 1.29 is 0 Å². The Hall–Kier alpha value is -0.0400. The van der Waals surface area contributed by atoms with Gasteiger partial charge in [0.15, 0.2) is 0 Å². The van der Waals surface area contributed by atoms with E-state index in [1.807, 2.05) is 0 Å². The van der Waals surface area contributed by atoms with Crippen molar-refractivity contribution in [2.45, 2.75) is 52.4 Å². The third-order valence-corrected chi connectivity index (χ3v) is 5.34. The molecule has 0 unspecified atom stereocenters. The van der Waals surface area contributed by atoms with E-state index in [4.69, 9.17) is 0 Å². The molecule has 0 spiro atoms. The molecule has 0 aromatic carbocycles. The van der Waals surface area contributed by atoms with Crippen LogP contribution in [-0.4, -0.2) is 25.5 Å². The highest BCUT2D eigenvalue weighted by atomic mass is 15.1. The SMILES string of the molecule is CC(C)C12CCC(CN(C)C)(CC1)CC2. The number of hydrogen-bond acceptors (Lipinski definition) is 1. The highest BCUT2D eigenvalue weighted by Gasteiger charge is 2.49. The molecule has 0 atom stereocenters. The summed E-state index contributed by atoms with van der Waals surface area (Å²) in [4.78, 5) is 2.40. The molecule has 2 bridgehead atoms. The Labute approximate surface area is 95.2 Å². The summed E-state index contributed by atoms with van der Waals surface area (Å²) in [5.74, 6) is 0.898. The van der Waals surface area contributed by atoms with Crippen molar-refractivity contribution in [2.75, 3.05) is 20.6 Å². The van der Waals surface area contributed by atoms with Gasteiger partial charge in [0.25, 0.3) is 0 Å². The molecule has 3 aliphatic carbocycles. The predicted molar refractivity (Wildman–Crippen MR) is 66.0 cm³/mol. The van der Waals surface area contributed by atoms with E-state index >= 15 is 0 Å². The zero-order chi connectivity index (χ0) is 11.1. The lowest BCUT2D eigenvalue weighted by Crippen LogP contribution is -2.48. The van der Waals surface area contributed by atoms with Crippen LogP contribution in [0.25, 0.3) is 0 Å². The van der Waals surface area contributed by atoms with Crippen LogP contribution in [0.5, 0.6) is 0 Å². The second-order valence-corrected chi connectivity index (χ2v) is 6.75. The van der Waals surface area contributed by atoms with Crippen molar-refractivity contribution in [1.29, 1.82) is 0 Å². The third kappa shape index (κ3) is 1.95. The largest absolute Gasteiger partial charge is 0.309 e. The van der Waals surface area contributed by atoms with Crippen molar-refractivity contribution in [3.8, 4) is 0 Å². The molecule has 0 radical (unpaired) electrons. The molecule has 3 aliphatic rings. The lowest BCUT2D eigenvalue weighted by atomic mass is 9.50. The van der Waals surface area contributed by atoms with E-state index in [0.29, 0.717) is 5.41 Å². The summed E-state index contributed by atoms with van der Waals surface area (Å²) in [7, 11) is 4.46. The van der Waals surface area contributed by atoms with Crippen molar-refractivity contribution in [3.05, 3.63) is 0 Å². The number of rotatable bonds is 3. The lowest BCUT2D eigenvalue weighted by molar-refractivity contribution is -0.0486. The fraction of sp³-hybridized carbons (Fsp3) is 1.00. The molecule has 0 aromatic heterocycles. The van der Waals surface area contributed by atoms with Crippen molar-refractivity contribution in [1.82, 2.24) is 4.90 Å². The summed E-state index contributed by atoms with van der Waals surface area (Å²) in [5.41, 5.74) is 1.42. The van der Waals surface area contributed by atoms with E-state index in [2.05, 4.69) is 32.8 Å². The van der Waals surface area contributed by atoms with E-state index < -0.39 is 0 Å². The van der Waals surface area contributed by atoms with E-state index in [-0.39, 0.29) is 0 Å². The van der Waals surface area contributed by atoms with Gasteiger partial charge in [0.2, 0.25) is 0 Å². The molecule has 0 aliphatic heterocycles. The van der Waals surface area contributed by atoms with Crippen LogP contribution in [0.15, 0.2) is 0 Å². The van der Waals surface area contributed by atoms with Crippen LogP contribution in [0.2, 0.25) is 0 Å². The maximum absolute atomic E-state index is 2.43. The lowest BCUT2D eigenvalue weighted by Gasteiger charge is -2.56. The smallest absolute Gasteiger partial charge is 0.00319 e. The van der Waals surface area contributed by atoms with Gasteiger partial charge < -0.3 is 4.90 Å². The van der Waals surface area contributed by atoms with Crippen LogP contribution >= 0.6 is 0 Å². The Morgan fingerprint density at radius 2 is 1.40 bits per heavy atom. The van der Waals surface area contributed by atoms with Gasteiger partial charge >= 0.3 is 0 Å². The Kier molecular flexibility index (Phi) is 2.87. The minimum Gasteiger partial charge on any atom is -0.309 e. The molecule has 3 rings (SSSR count). The molecular formula is C14H27N. The Morgan fingerprint density at radius 3 is 1.73 bits per heavy atom. The normalized spacial score (nSPS) is 40.4. The monoisotopic (exact) mass is 209 g/mol. The molecule has 3 saturated carbocycles. The number of hydrogen-bond donors (Lipinski definition) is 0. The maximum Gasteiger partial charge on any atom is 0.00319 e. The van der Waals surface area contributed by atoms with Gasteiger partial charge in [0, 0.05) is 6.54 Å². The van der Waals surface area contributed by atoms with Crippen LogP contribution in [-0.2, 0) is 0 Å². The van der Waals surface area contributed by atoms with Gasteiger partial charge in [0.05, 0.1) is 0 Å². The Balaban J connectivity index is 2.04. The van der Waals surface area contributed by atoms with Crippen molar-refractivity contribution in [2.24, 2.45) is 16.7 Å². The summed E-state index contributed by atoms with van der Waals surface area (Å²) < 4.78 is 0. The summed E-state index contributed by atoms with van der Waals surface area (Å²) in [6, 6.07) is 0. The predicted octanol–water partition coefficient (Wildman–Crippen LogP) is 3.54. The Bertz CT molecular complexity index is 205. The fourth-order valence-electron chi connectivity index (χ4n) is 4.07. The standard InChI is InChI=1S/C14H27N/c1-12(2)14-8-5-13(6-9-14,7-10-14)11-15(3)4/h12H,5-11H2,1-4H3. The van der Waals surface area contributed by atoms with Gasteiger partial charge in [-0.15, -0.1) is 0 Å². The minimum atomic E-state index is 0.695. The van der Waals surface area contributed by atoms with Crippen LogP contribution < -0.4 is 0 Å². The molecule has 1 nitrogen and oxygen atoms in total. The van der Waals surface area contributed by atoms with Gasteiger partial charge in [-0.05, 0) is 69.4 Å². The van der Waals surface area contributed by atoms with Crippen molar-refractivity contribution in [3.63, 3.8) is 0 Å². The highest BCUT2D eigenvalue weighted by Crippen LogP contribution is 2.59. The van der Waals surface area contributed by atoms with E-state index in [9.17, 15) is 0 Å². The topological polar surface area (TPSA) is 3.24 Å². The molecule has 0 N–H and O–H groups in total. The maximum atomic E-state index is 2.43. The molecule has 0 heterocycles. The van der Waals surface area contributed by atoms with E-state index in [0.717, 1.165) is 11.3 Å². The van der Waals surface area contributed by atoms with Gasteiger partial charge in [0.1, 0.15) is 0 Å². The average molecular weight is 209 g/mol. The first-order valence-corrected chi connectivity index (χ1v) is 6.63. The summed E-state index contributed by atoms with van der Waals surface area (Å²) in [5, 5.41) is 0. The average Bonchev–Trinajstić information content (AvgIpc) is 2.18. The first kappa shape index (κ1) is 11.4. The first-order chi connectivity index (χ1) is 6.98. The summed E-state index contributed by atoms with van der Waals surface area (Å²) >= 11 is 0. The zero-order valence-electron chi connectivity index (χ0n) is 11.0. The second kappa shape index (κ2) is 3.76. The molecule has 1 heteroatoms. The highest BCUT2D eigenvalue weighted by molar-refractivity contribution is 5.01. The second-order valence-electron chi connectivity index (χ2n) is 6.75. The molecule has 0 aromatic rings. The molecule has 15 heavy (non-hydrogen) atoms. The van der Waals surface area contributed by atoms with E-state index in [1.165, 1.54) is 45.1 Å². The van der Waals surface area contributed by atoms with Gasteiger partial charge in [-0.1, -0.05) is 13.8 Å². The third-order valence-electron chi connectivity index (χ3n) is 5.34. The van der Waals surface area contributed by atoms with E-state index in [1.54, 1.807) is 0 Å². The summed E-state index contributed by atoms with van der Waals surface area (Å²) in [6.07, 6.45) is 8.96. The summed E-state index contributed by atoms with van der Waals surface area (Å²) in [6.45, 7) is 6.19. The van der Waals surface area contributed by atoms with Crippen LogP contribution in [0.4, 0.5) is 0 Å². The quantitative estimate of drug-likeness (QED) is 0.687. The van der Waals surface area contributed by atoms with Crippen molar-refractivity contribution >= 4 is 0 Å². The first-order valence-electron chi connectivity index (χ1n) is 6.63. The van der Waals surface area contributed by atoms with Gasteiger partial charge in [-0.3, -0.25) is 0 Å².